The first-order valence-corrected chi connectivity index (χ1v) is 11.9. The summed E-state index contributed by atoms with van der Waals surface area (Å²) in [6, 6.07) is 27.0. The molecule has 6 heteroatoms. The minimum atomic E-state index is 0.688. The van der Waals surface area contributed by atoms with E-state index in [0.29, 0.717) is 5.92 Å². The van der Waals surface area contributed by atoms with Crippen LogP contribution in [-0.4, -0.2) is 39.8 Å². The van der Waals surface area contributed by atoms with Gasteiger partial charge in [0.05, 0.1) is 12.6 Å². The fourth-order valence-corrected chi connectivity index (χ4v) is 5.01. The molecule has 0 saturated carbocycles. The van der Waals surface area contributed by atoms with Crippen molar-refractivity contribution < 1.29 is 4.74 Å². The first-order valence-electron chi connectivity index (χ1n) is 11.9. The monoisotopic (exact) mass is 449 g/mol. The van der Waals surface area contributed by atoms with E-state index in [1.807, 2.05) is 36.4 Å². The SMILES string of the molecule is COc1cccc(-c2nnc3c4ccccc4nc(N4CCC(Cc5ccccc5)CC4)n23)c1. The van der Waals surface area contributed by atoms with Gasteiger partial charge in [0.15, 0.2) is 11.5 Å². The minimum absolute atomic E-state index is 0.688. The minimum Gasteiger partial charge on any atom is -0.497 e. The number of fused-ring (bicyclic) bond motifs is 3. The molecule has 0 atom stereocenters. The molecule has 0 spiro atoms. The van der Waals surface area contributed by atoms with Crippen molar-refractivity contribution in [3.05, 3.63) is 84.4 Å². The zero-order chi connectivity index (χ0) is 22.9. The molecule has 1 saturated heterocycles. The van der Waals surface area contributed by atoms with Crippen LogP contribution in [0.25, 0.3) is 27.9 Å². The Kier molecular flexibility index (Phi) is 5.34. The van der Waals surface area contributed by atoms with Gasteiger partial charge in [0.2, 0.25) is 5.95 Å². The Morgan fingerprint density at radius 1 is 0.882 bits per heavy atom. The molecule has 1 fully saturated rings. The van der Waals surface area contributed by atoms with Crippen LogP contribution < -0.4 is 9.64 Å². The normalized spacial score (nSPS) is 14.7. The summed E-state index contributed by atoms with van der Waals surface area (Å²) in [5.41, 5.74) is 4.17. The van der Waals surface area contributed by atoms with Crippen molar-refractivity contribution in [3.8, 4) is 17.1 Å². The van der Waals surface area contributed by atoms with Crippen LogP contribution >= 0.6 is 0 Å². The predicted molar refractivity (Wildman–Crippen MR) is 135 cm³/mol. The van der Waals surface area contributed by atoms with E-state index in [4.69, 9.17) is 9.72 Å². The topological polar surface area (TPSA) is 55.6 Å². The van der Waals surface area contributed by atoms with Crippen LogP contribution in [0.15, 0.2) is 78.9 Å². The Balaban J connectivity index is 1.39. The lowest BCUT2D eigenvalue weighted by atomic mass is 9.90. The largest absolute Gasteiger partial charge is 0.497 e. The van der Waals surface area contributed by atoms with Gasteiger partial charge in [-0.15, -0.1) is 10.2 Å². The summed E-state index contributed by atoms with van der Waals surface area (Å²) in [6.45, 7) is 1.93. The zero-order valence-electron chi connectivity index (χ0n) is 19.3. The Morgan fingerprint density at radius 2 is 1.68 bits per heavy atom. The van der Waals surface area contributed by atoms with Crippen molar-refractivity contribution in [2.45, 2.75) is 19.3 Å². The average molecular weight is 450 g/mol. The maximum atomic E-state index is 5.46. The second kappa shape index (κ2) is 8.78. The van der Waals surface area contributed by atoms with E-state index in [1.165, 1.54) is 5.56 Å². The number of aromatic nitrogens is 4. The predicted octanol–water partition coefficient (Wildman–Crippen LogP) is 5.41. The molecule has 0 aliphatic carbocycles. The summed E-state index contributed by atoms with van der Waals surface area (Å²) in [4.78, 5) is 7.51. The fraction of sp³-hybridized carbons (Fsp3) is 0.250. The number of hydrogen-bond acceptors (Lipinski definition) is 5. The molecule has 0 N–H and O–H groups in total. The van der Waals surface area contributed by atoms with Crippen LogP contribution in [0.5, 0.6) is 5.75 Å². The summed E-state index contributed by atoms with van der Waals surface area (Å²) in [6.07, 6.45) is 3.42. The van der Waals surface area contributed by atoms with E-state index >= 15 is 0 Å². The Bertz CT molecular complexity index is 1440. The molecular weight excluding hydrogens is 422 g/mol. The molecule has 0 bridgehead atoms. The number of methoxy groups -OCH3 is 1. The summed E-state index contributed by atoms with van der Waals surface area (Å²) in [5.74, 6) is 3.18. The number of nitrogens with zero attached hydrogens (tertiary/aromatic N) is 5. The number of para-hydroxylation sites is 1. The van der Waals surface area contributed by atoms with E-state index in [0.717, 1.165) is 72.0 Å². The van der Waals surface area contributed by atoms with Crippen LogP contribution in [0.3, 0.4) is 0 Å². The lowest BCUT2D eigenvalue weighted by molar-refractivity contribution is 0.400. The second-order valence-electron chi connectivity index (χ2n) is 8.96. The number of hydrogen-bond donors (Lipinski definition) is 0. The van der Waals surface area contributed by atoms with E-state index in [-0.39, 0.29) is 0 Å². The van der Waals surface area contributed by atoms with Crippen LogP contribution in [0.4, 0.5) is 5.95 Å². The fourth-order valence-electron chi connectivity index (χ4n) is 5.01. The van der Waals surface area contributed by atoms with Crippen LogP contribution in [-0.2, 0) is 6.42 Å². The molecule has 0 amide bonds. The van der Waals surface area contributed by atoms with Crippen LogP contribution in [0.1, 0.15) is 18.4 Å². The van der Waals surface area contributed by atoms with E-state index in [2.05, 4.69) is 62.0 Å². The Hall–Kier alpha value is -3.93. The first-order chi connectivity index (χ1) is 16.8. The van der Waals surface area contributed by atoms with E-state index < -0.39 is 0 Å². The molecule has 170 valence electrons. The summed E-state index contributed by atoms with van der Waals surface area (Å²) in [5, 5.41) is 10.2. The highest BCUT2D eigenvalue weighted by atomic mass is 16.5. The summed E-state index contributed by atoms with van der Waals surface area (Å²) in [7, 11) is 1.68. The lowest BCUT2D eigenvalue weighted by Gasteiger charge is -2.33. The molecule has 2 aromatic heterocycles. The smallest absolute Gasteiger partial charge is 0.213 e. The van der Waals surface area contributed by atoms with E-state index in [9.17, 15) is 0 Å². The van der Waals surface area contributed by atoms with Gasteiger partial charge in [-0.3, -0.25) is 0 Å². The van der Waals surface area contributed by atoms with Crippen molar-refractivity contribution in [2.75, 3.05) is 25.1 Å². The first kappa shape index (κ1) is 20.7. The number of benzene rings is 3. The van der Waals surface area contributed by atoms with Crippen molar-refractivity contribution in [1.29, 1.82) is 0 Å². The molecule has 1 aliphatic heterocycles. The van der Waals surface area contributed by atoms with Gasteiger partial charge in [0, 0.05) is 24.0 Å². The number of ether oxygens (including phenoxy) is 1. The van der Waals surface area contributed by atoms with Crippen molar-refractivity contribution in [2.24, 2.45) is 5.92 Å². The van der Waals surface area contributed by atoms with Gasteiger partial charge in [0.1, 0.15) is 5.75 Å². The molecule has 3 heterocycles. The van der Waals surface area contributed by atoms with Gasteiger partial charge in [-0.2, -0.15) is 0 Å². The molecular formula is C28H27N5O. The maximum absolute atomic E-state index is 5.46. The van der Waals surface area contributed by atoms with Crippen LogP contribution in [0.2, 0.25) is 0 Å². The van der Waals surface area contributed by atoms with Gasteiger partial charge in [0.25, 0.3) is 0 Å². The molecule has 34 heavy (non-hydrogen) atoms. The molecule has 0 radical (unpaired) electrons. The molecule has 5 aromatic rings. The van der Waals surface area contributed by atoms with Crippen molar-refractivity contribution >= 4 is 22.5 Å². The van der Waals surface area contributed by atoms with Gasteiger partial charge in [-0.25, -0.2) is 9.38 Å². The molecule has 6 rings (SSSR count). The third-order valence-electron chi connectivity index (χ3n) is 6.82. The number of piperidine rings is 1. The van der Waals surface area contributed by atoms with Crippen molar-refractivity contribution in [3.63, 3.8) is 0 Å². The van der Waals surface area contributed by atoms with Gasteiger partial charge >= 0.3 is 0 Å². The Morgan fingerprint density at radius 3 is 2.50 bits per heavy atom. The summed E-state index contributed by atoms with van der Waals surface area (Å²) >= 11 is 0. The zero-order valence-corrected chi connectivity index (χ0v) is 19.3. The highest BCUT2D eigenvalue weighted by Gasteiger charge is 2.25. The van der Waals surface area contributed by atoms with Crippen LogP contribution in [0, 0.1) is 5.92 Å². The van der Waals surface area contributed by atoms with E-state index in [1.54, 1.807) is 7.11 Å². The highest BCUT2D eigenvalue weighted by molar-refractivity contribution is 5.93. The third kappa shape index (κ3) is 3.75. The quantitative estimate of drug-likeness (QED) is 0.359. The summed E-state index contributed by atoms with van der Waals surface area (Å²) < 4.78 is 7.58. The standard InChI is InChI=1S/C28H27N5O/c1-34-23-11-7-10-22(19-23)26-30-31-27-24-12-5-6-13-25(24)29-28(33(26)27)32-16-14-21(15-17-32)18-20-8-3-2-4-9-20/h2-13,19,21H,14-18H2,1H3. The molecule has 3 aromatic carbocycles. The van der Waals surface area contributed by atoms with Gasteiger partial charge in [-0.05, 0) is 55.0 Å². The lowest BCUT2D eigenvalue weighted by Crippen LogP contribution is -2.36. The van der Waals surface area contributed by atoms with Gasteiger partial charge < -0.3 is 9.64 Å². The second-order valence-corrected chi connectivity index (χ2v) is 8.96. The molecule has 6 nitrogen and oxygen atoms in total. The number of rotatable bonds is 5. The highest BCUT2D eigenvalue weighted by Crippen LogP contribution is 2.32. The average Bonchev–Trinajstić information content (AvgIpc) is 3.35. The molecule has 1 aliphatic rings. The number of anilines is 1. The third-order valence-corrected chi connectivity index (χ3v) is 6.82. The molecule has 0 unspecified atom stereocenters. The van der Waals surface area contributed by atoms with Crippen molar-refractivity contribution in [1.82, 2.24) is 19.6 Å². The Labute approximate surface area is 198 Å². The van der Waals surface area contributed by atoms with Gasteiger partial charge in [-0.1, -0.05) is 54.6 Å². The maximum Gasteiger partial charge on any atom is 0.213 e.